The summed E-state index contributed by atoms with van der Waals surface area (Å²) in [4.78, 5) is 11.4. The number of rotatable bonds is 2. The maximum atomic E-state index is 6.47. The van der Waals surface area contributed by atoms with E-state index in [2.05, 4.69) is 36.1 Å². The number of hydrogen-bond donors (Lipinski definition) is 1. The molecule has 0 radical (unpaired) electrons. The molecule has 1 aromatic heterocycles. The van der Waals surface area contributed by atoms with E-state index in [0.717, 1.165) is 41.7 Å². The van der Waals surface area contributed by atoms with Gasteiger partial charge in [-0.25, -0.2) is 4.99 Å². The highest BCUT2D eigenvalue weighted by Gasteiger charge is 2.55. The van der Waals surface area contributed by atoms with E-state index in [9.17, 15) is 0 Å². The zero-order valence-electron chi connectivity index (χ0n) is 16.6. The van der Waals surface area contributed by atoms with Gasteiger partial charge in [-0.1, -0.05) is 17.7 Å². The Hall–Kier alpha value is -2.31. The van der Waals surface area contributed by atoms with Gasteiger partial charge in [0.25, 0.3) is 6.02 Å². The van der Waals surface area contributed by atoms with Crippen molar-refractivity contribution in [2.24, 2.45) is 16.6 Å². The fraction of sp³-hybridized carbons (Fsp3) is 0.455. The predicted octanol–water partition coefficient (Wildman–Crippen LogP) is 3.43. The minimum absolute atomic E-state index is 0.121. The van der Waals surface area contributed by atoms with E-state index in [1.165, 1.54) is 0 Å². The lowest BCUT2D eigenvalue weighted by molar-refractivity contribution is -0.0155. The minimum Gasteiger partial charge on any atom is -0.490 e. The highest BCUT2D eigenvalue weighted by atomic mass is 35.5. The molecule has 0 amide bonds. The number of amidine groups is 1. The fourth-order valence-electron chi connectivity index (χ4n) is 5.09. The van der Waals surface area contributed by atoms with E-state index in [4.69, 9.17) is 31.8 Å². The third-order valence-electron chi connectivity index (χ3n) is 6.62. The van der Waals surface area contributed by atoms with Gasteiger partial charge in [-0.2, -0.15) is 0 Å². The molecule has 2 aromatic rings. The SMILES string of the molecule is CN(C)C1CC[C@@H]2Oc3ccc(-c4cncc(Cl)c4)cc3C3(COC(N)=N3)C2C1. The summed E-state index contributed by atoms with van der Waals surface area (Å²) < 4.78 is 12.2. The van der Waals surface area contributed by atoms with Gasteiger partial charge in [-0.15, -0.1) is 0 Å². The van der Waals surface area contributed by atoms with Crippen molar-refractivity contribution in [2.45, 2.75) is 36.9 Å². The zero-order valence-corrected chi connectivity index (χ0v) is 17.4. The van der Waals surface area contributed by atoms with Crippen LogP contribution in [0.2, 0.25) is 5.02 Å². The van der Waals surface area contributed by atoms with Crippen LogP contribution in [0.5, 0.6) is 5.75 Å². The van der Waals surface area contributed by atoms with E-state index >= 15 is 0 Å². The number of hydrogen-bond acceptors (Lipinski definition) is 6. The third-order valence-corrected chi connectivity index (χ3v) is 6.82. The largest absolute Gasteiger partial charge is 0.490 e. The van der Waals surface area contributed by atoms with Crippen LogP contribution in [-0.4, -0.2) is 48.8 Å². The molecule has 3 aliphatic rings. The Balaban J connectivity index is 1.63. The smallest absolute Gasteiger partial charge is 0.283 e. The Bertz CT molecular complexity index is 979. The molecule has 5 rings (SSSR count). The number of nitrogens with zero attached hydrogens (tertiary/aromatic N) is 3. The van der Waals surface area contributed by atoms with Crippen LogP contribution >= 0.6 is 11.6 Å². The highest BCUT2D eigenvalue weighted by Crippen LogP contribution is 2.53. The molecule has 1 aromatic carbocycles. The fourth-order valence-corrected chi connectivity index (χ4v) is 5.26. The Morgan fingerprint density at radius 2 is 2.03 bits per heavy atom. The molecule has 3 unspecified atom stereocenters. The second-order valence-electron chi connectivity index (χ2n) is 8.46. The van der Waals surface area contributed by atoms with E-state index in [1.807, 2.05) is 18.3 Å². The number of ether oxygens (including phenoxy) is 2. The molecule has 2 aliphatic heterocycles. The molecule has 1 saturated carbocycles. The van der Waals surface area contributed by atoms with Crippen molar-refractivity contribution < 1.29 is 9.47 Å². The molecule has 3 heterocycles. The molecule has 1 fully saturated rings. The zero-order chi connectivity index (χ0) is 20.2. The average molecular weight is 413 g/mol. The maximum absolute atomic E-state index is 6.47. The van der Waals surface area contributed by atoms with Crippen molar-refractivity contribution in [1.82, 2.24) is 9.88 Å². The molecule has 6 nitrogen and oxygen atoms in total. The number of aliphatic imine (C=N–C) groups is 1. The molecule has 0 saturated heterocycles. The van der Waals surface area contributed by atoms with Crippen LogP contribution in [0.4, 0.5) is 0 Å². The van der Waals surface area contributed by atoms with Crippen LogP contribution in [0.3, 0.4) is 0 Å². The van der Waals surface area contributed by atoms with Crippen LogP contribution in [0.15, 0.2) is 41.7 Å². The van der Waals surface area contributed by atoms with Gasteiger partial charge in [-0.3, -0.25) is 4.98 Å². The van der Waals surface area contributed by atoms with E-state index in [0.29, 0.717) is 17.7 Å². The van der Waals surface area contributed by atoms with E-state index < -0.39 is 5.54 Å². The van der Waals surface area contributed by atoms with Gasteiger partial charge in [0.15, 0.2) is 0 Å². The second kappa shape index (κ2) is 6.89. The topological polar surface area (TPSA) is 73.0 Å². The number of pyridine rings is 1. The summed E-state index contributed by atoms with van der Waals surface area (Å²) in [6, 6.07) is 8.90. The van der Waals surface area contributed by atoms with E-state index in [1.54, 1.807) is 6.20 Å². The van der Waals surface area contributed by atoms with Crippen molar-refractivity contribution in [3.63, 3.8) is 0 Å². The van der Waals surface area contributed by atoms with Crippen molar-refractivity contribution in [1.29, 1.82) is 0 Å². The number of benzene rings is 1. The lowest BCUT2D eigenvalue weighted by Gasteiger charge is -2.49. The molecule has 4 atom stereocenters. The molecule has 0 bridgehead atoms. The summed E-state index contributed by atoms with van der Waals surface area (Å²) in [7, 11) is 4.28. The van der Waals surface area contributed by atoms with Crippen LogP contribution in [0.1, 0.15) is 24.8 Å². The lowest BCUT2D eigenvalue weighted by Crippen LogP contribution is -2.53. The highest BCUT2D eigenvalue weighted by molar-refractivity contribution is 6.30. The predicted molar refractivity (Wildman–Crippen MR) is 113 cm³/mol. The lowest BCUT2D eigenvalue weighted by atomic mass is 9.67. The molecular formula is C22H25ClN4O2. The van der Waals surface area contributed by atoms with Crippen molar-refractivity contribution in [3.8, 4) is 16.9 Å². The third kappa shape index (κ3) is 3.06. The number of halogens is 1. The minimum atomic E-state index is -0.515. The van der Waals surface area contributed by atoms with Crippen molar-refractivity contribution >= 4 is 17.6 Å². The van der Waals surface area contributed by atoms with Crippen molar-refractivity contribution in [2.75, 3.05) is 20.7 Å². The first kappa shape index (κ1) is 18.7. The van der Waals surface area contributed by atoms with Crippen LogP contribution in [-0.2, 0) is 10.3 Å². The number of nitrogens with two attached hydrogens (primary N) is 1. The normalized spacial score (nSPS) is 30.3. The standard InChI is InChI=1S/C22H25ClN4O2/c1-27(2)16-4-6-20-18(9-16)22(12-28-21(24)26-22)17-8-13(3-5-19(17)29-20)14-7-15(23)11-25-10-14/h3,5,7-8,10-11,16,18,20H,4,6,9,12H2,1-2H3,(H2,24,26)/t16?,18?,20-,22?/m0/s1. The average Bonchev–Trinajstić information content (AvgIpc) is 3.10. The van der Waals surface area contributed by atoms with Crippen molar-refractivity contribution in [3.05, 3.63) is 47.2 Å². The summed E-state index contributed by atoms with van der Waals surface area (Å²) >= 11 is 6.16. The Morgan fingerprint density at radius 1 is 1.17 bits per heavy atom. The summed E-state index contributed by atoms with van der Waals surface area (Å²) in [6.45, 7) is 0.452. The quantitative estimate of drug-likeness (QED) is 0.818. The van der Waals surface area contributed by atoms with Gasteiger partial charge in [-0.05, 0) is 57.1 Å². The van der Waals surface area contributed by atoms with Gasteiger partial charge >= 0.3 is 0 Å². The van der Waals surface area contributed by atoms with Gasteiger partial charge in [0.05, 0.1) is 5.02 Å². The van der Waals surface area contributed by atoms with Gasteiger partial charge < -0.3 is 20.1 Å². The first-order valence-electron chi connectivity index (χ1n) is 10.0. The summed E-state index contributed by atoms with van der Waals surface area (Å²) in [5.41, 5.74) is 8.54. The molecule has 1 spiro atoms. The van der Waals surface area contributed by atoms with Crippen LogP contribution in [0, 0.1) is 5.92 Å². The second-order valence-corrected chi connectivity index (χ2v) is 8.90. The van der Waals surface area contributed by atoms with Crippen LogP contribution in [0.25, 0.3) is 11.1 Å². The van der Waals surface area contributed by atoms with Gasteiger partial charge in [0.2, 0.25) is 0 Å². The molecule has 29 heavy (non-hydrogen) atoms. The monoisotopic (exact) mass is 412 g/mol. The first-order chi connectivity index (χ1) is 14.0. The summed E-state index contributed by atoms with van der Waals surface area (Å²) in [5, 5.41) is 0.610. The molecular weight excluding hydrogens is 388 g/mol. The van der Waals surface area contributed by atoms with Crippen LogP contribution < -0.4 is 10.5 Å². The van der Waals surface area contributed by atoms with Gasteiger partial charge in [0, 0.05) is 35.5 Å². The molecule has 7 heteroatoms. The first-order valence-corrected chi connectivity index (χ1v) is 10.4. The van der Waals surface area contributed by atoms with E-state index in [-0.39, 0.29) is 18.0 Å². The Kier molecular flexibility index (Phi) is 4.44. The Labute approximate surface area is 175 Å². The Morgan fingerprint density at radius 3 is 2.76 bits per heavy atom. The summed E-state index contributed by atoms with van der Waals surface area (Å²) in [5.74, 6) is 1.08. The summed E-state index contributed by atoms with van der Waals surface area (Å²) in [6.07, 6.45) is 6.70. The van der Waals surface area contributed by atoms with Gasteiger partial charge in [0.1, 0.15) is 24.0 Å². The number of fused-ring (bicyclic) bond motifs is 4. The molecule has 152 valence electrons. The maximum Gasteiger partial charge on any atom is 0.283 e. The number of aromatic nitrogens is 1. The molecule has 1 aliphatic carbocycles. The molecule has 2 N–H and O–H groups in total.